The third kappa shape index (κ3) is 4.75. The minimum Gasteiger partial charge on any atom is -0.624 e. The van der Waals surface area contributed by atoms with Crippen LogP contribution in [-0.4, -0.2) is 23.8 Å². The predicted octanol–water partition coefficient (Wildman–Crippen LogP) is 2.52. The number of halogens is 1. The molecule has 0 bridgehead atoms. The van der Waals surface area contributed by atoms with Crippen LogP contribution in [0.25, 0.3) is 6.08 Å². The highest BCUT2D eigenvalue weighted by molar-refractivity contribution is 6.30. The molecule has 0 aliphatic heterocycles. The maximum absolute atomic E-state index is 11.3. The van der Waals surface area contributed by atoms with Gasteiger partial charge in [0.1, 0.15) is 7.05 Å². The molecule has 3 nitrogen and oxygen atoms in total. The maximum atomic E-state index is 11.3. The van der Waals surface area contributed by atoms with E-state index in [0.29, 0.717) is 9.76 Å². The largest absolute Gasteiger partial charge is 0.624 e. The molecule has 0 heterocycles. The fourth-order valence-corrected chi connectivity index (χ4v) is 1.18. The minimum absolute atomic E-state index is 0.113. The fraction of sp³-hybridized carbons (Fsp3) is 0.167. The summed E-state index contributed by atoms with van der Waals surface area (Å²) in [5, 5.41) is 11.2. The first-order valence-electron chi connectivity index (χ1n) is 4.77. The van der Waals surface area contributed by atoms with Gasteiger partial charge >= 0.3 is 0 Å². The molecular formula is C12H12ClNO2. The van der Waals surface area contributed by atoms with Crippen LogP contribution < -0.4 is 0 Å². The summed E-state index contributed by atoms with van der Waals surface area (Å²) in [5.74, 6) is -0.113. The van der Waals surface area contributed by atoms with E-state index in [4.69, 9.17) is 11.6 Å². The van der Waals surface area contributed by atoms with Crippen molar-refractivity contribution in [1.82, 2.24) is 0 Å². The second kappa shape index (κ2) is 6.08. The van der Waals surface area contributed by atoms with E-state index in [1.807, 2.05) is 12.1 Å². The van der Waals surface area contributed by atoms with Gasteiger partial charge in [0.05, 0.1) is 6.42 Å². The molecule has 0 atom stereocenters. The van der Waals surface area contributed by atoms with Crippen LogP contribution in [0.2, 0.25) is 5.02 Å². The Hall–Kier alpha value is -1.61. The van der Waals surface area contributed by atoms with Gasteiger partial charge in [-0.1, -0.05) is 29.8 Å². The molecule has 0 aliphatic carbocycles. The average molecular weight is 238 g/mol. The van der Waals surface area contributed by atoms with Crippen LogP contribution >= 0.6 is 11.6 Å². The predicted molar refractivity (Wildman–Crippen MR) is 65.7 cm³/mol. The van der Waals surface area contributed by atoms with Crippen molar-refractivity contribution in [3.63, 3.8) is 0 Å². The van der Waals surface area contributed by atoms with Crippen molar-refractivity contribution in [2.45, 2.75) is 6.42 Å². The summed E-state index contributed by atoms with van der Waals surface area (Å²) in [7, 11) is 1.34. The zero-order valence-electron chi connectivity index (χ0n) is 8.89. The van der Waals surface area contributed by atoms with Crippen LogP contribution in [0.15, 0.2) is 30.3 Å². The lowest BCUT2D eigenvalue weighted by atomic mass is 10.2. The number of hydroxylamine groups is 1. The molecule has 0 saturated carbocycles. The van der Waals surface area contributed by atoms with E-state index in [2.05, 4.69) is 0 Å². The van der Waals surface area contributed by atoms with Crippen LogP contribution in [-0.2, 0) is 4.79 Å². The van der Waals surface area contributed by atoms with Gasteiger partial charge in [0, 0.05) is 5.02 Å². The molecule has 84 valence electrons. The van der Waals surface area contributed by atoms with E-state index in [1.165, 1.54) is 19.3 Å². The molecule has 0 spiro atoms. The number of ketones is 1. The van der Waals surface area contributed by atoms with E-state index >= 15 is 0 Å². The first-order valence-corrected chi connectivity index (χ1v) is 5.15. The van der Waals surface area contributed by atoms with Crippen molar-refractivity contribution in [3.8, 4) is 0 Å². The number of rotatable bonds is 4. The normalized spacial score (nSPS) is 12.0. The van der Waals surface area contributed by atoms with Crippen molar-refractivity contribution in [2.24, 2.45) is 0 Å². The van der Waals surface area contributed by atoms with Gasteiger partial charge in [0.2, 0.25) is 0 Å². The molecular weight excluding hydrogens is 226 g/mol. The van der Waals surface area contributed by atoms with Gasteiger partial charge in [-0.2, -0.15) is 0 Å². The molecule has 4 heteroatoms. The van der Waals surface area contributed by atoms with Crippen LogP contribution in [0, 0.1) is 5.21 Å². The Bertz CT molecular complexity index is 417. The molecule has 0 amide bonds. The van der Waals surface area contributed by atoms with Crippen molar-refractivity contribution in [2.75, 3.05) is 7.05 Å². The highest BCUT2D eigenvalue weighted by atomic mass is 35.5. The van der Waals surface area contributed by atoms with Crippen molar-refractivity contribution in [1.29, 1.82) is 0 Å². The van der Waals surface area contributed by atoms with E-state index in [-0.39, 0.29) is 12.2 Å². The zero-order chi connectivity index (χ0) is 12.0. The van der Waals surface area contributed by atoms with Gasteiger partial charge < -0.3 is 5.21 Å². The number of nitrogens with zero attached hydrogens (tertiary/aromatic N) is 1. The highest BCUT2D eigenvalue weighted by Crippen LogP contribution is 2.10. The summed E-state index contributed by atoms with van der Waals surface area (Å²) < 4.78 is 0.619. The zero-order valence-corrected chi connectivity index (χ0v) is 9.65. The monoisotopic (exact) mass is 237 g/mol. The molecule has 0 unspecified atom stereocenters. The molecule has 0 N–H and O–H groups in total. The summed E-state index contributed by atoms with van der Waals surface area (Å²) in [6.45, 7) is 0. The molecule has 1 rings (SSSR count). The molecule has 0 saturated heterocycles. The van der Waals surface area contributed by atoms with Gasteiger partial charge in [0.25, 0.3) is 0 Å². The SMILES string of the molecule is C[N+]([O-])=CCC(=O)C=Cc1ccc(Cl)cc1. The summed E-state index contributed by atoms with van der Waals surface area (Å²) in [6, 6.07) is 7.14. The van der Waals surface area contributed by atoms with Crippen LogP contribution in [0.4, 0.5) is 0 Å². The summed E-state index contributed by atoms with van der Waals surface area (Å²) in [4.78, 5) is 11.3. The average Bonchev–Trinajstić information content (AvgIpc) is 2.25. The third-order valence-electron chi connectivity index (χ3n) is 1.88. The van der Waals surface area contributed by atoms with E-state index in [9.17, 15) is 10.0 Å². The van der Waals surface area contributed by atoms with Crippen molar-refractivity contribution < 1.29 is 9.53 Å². The Morgan fingerprint density at radius 2 is 2.06 bits per heavy atom. The Morgan fingerprint density at radius 3 is 2.62 bits per heavy atom. The van der Waals surface area contributed by atoms with Gasteiger partial charge in [-0.3, -0.25) is 4.79 Å². The minimum atomic E-state index is -0.113. The number of benzene rings is 1. The van der Waals surface area contributed by atoms with Gasteiger partial charge in [0.15, 0.2) is 12.0 Å². The van der Waals surface area contributed by atoms with Crippen LogP contribution in [0.1, 0.15) is 12.0 Å². The van der Waals surface area contributed by atoms with E-state index in [1.54, 1.807) is 18.2 Å². The first-order chi connectivity index (χ1) is 7.58. The molecule has 0 radical (unpaired) electrons. The van der Waals surface area contributed by atoms with Gasteiger partial charge in [-0.05, 0) is 23.8 Å². The van der Waals surface area contributed by atoms with E-state index in [0.717, 1.165) is 5.56 Å². The second-order valence-electron chi connectivity index (χ2n) is 3.28. The van der Waals surface area contributed by atoms with Crippen LogP contribution in [0.5, 0.6) is 0 Å². The van der Waals surface area contributed by atoms with Gasteiger partial charge in [-0.25, -0.2) is 4.74 Å². The molecule has 16 heavy (non-hydrogen) atoms. The lowest BCUT2D eigenvalue weighted by Crippen LogP contribution is -2.01. The van der Waals surface area contributed by atoms with Crippen molar-refractivity contribution >= 4 is 29.7 Å². The second-order valence-corrected chi connectivity index (χ2v) is 3.72. The van der Waals surface area contributed by atoms with E-state index < -0.39 is 0 Å². The standard InChI is InChI=1S/C12H12ClNO2/c1-14(16)9-8-12(15)7-4-10-2-5-11(13)6-3-10/h2-7,9H,8H2,1H3. The topological polar surface area (TPSA) is 43.1 Å². The quantitative estimate of drug-likeness (QED) is 0.266. The smallest absolute Gasteiger partial charge is 0.165 e. The molecule has 0 aromatic heterocycles. The molecule has 0 aliphatic rings. The number of carbonyl (C=O) groups is 1. The lowest BCUT2D eigenvalue weighted by molar-refractivity contribution is -0.418. The number of hydrogen-bond donors (Lipinski definition) is 0. The molecule has 0 fully saturated rings. The van der Waals surface area contributed by atoms with Crippen molar-refractivity contribution in [3.05, 3.63) is 46.1 Å². The number of allylic oxidation sites excluding steroid dienone is 1. The Balaban J connectivity index is 2.57. The lowest BCUT2D eigenvalue weighted by Gasteiger charge is -1.94. The fourth-order valence-electron chi connectivity index (χ4n) is 1.05. The summed E-state index contributed by atoms with van der Waals surface area (Å²) >= 11 is 5.72. The third-order valence-corrected chi connectivity index (χ3v) is 2.13. The molecule has 1 aromatic rings. The maximum Gasteiger partial charge on any atom is 0.165 e. The number of hydrogen-bond acceptors (Lipinski definition) is 2. The summed E-state index contributed by atoms with van der Waals surface area (Å²) in [5.41, 5.74) is 0.897. The Labute approximate surface area is 99.2 Å². The Kier molecular flexibility index (Phi) is 4.73. The first kappa shape index (κ1) is 12.5. The van der Waals surface area contributed by atoms with Gasteiger partial charge in [-0.15, -0.1) is 0 Å². The van der Waals surface area contributed by atoms with Crippen LogP contribution in [0.3, 0.4) is 0 Å². The number of carbonyl (C=O) groups excluding carboxylic acids is 1. The molecule has 1 aromatic carbocycles. The highest BCUT2D eigenvalue weighted by Gasteiger charge is 1.96. The summed E-state index contributed by atoms with van der Waals surface area (Å²) in [6.07, 6.45) is 4.54. The Morgan fingerprint density at radius 1 is 1.44 bits per heavy atom.